The summed E-state index contributed by atoms with van der Waals surface area (Å²) in [5, 5.41) is 19.4. The van der Waals surface area contributed by atoms with Crippen LogP contribution in [0.15, 0.2) is 0 Å². The van der Waals surface area contributed by atoms with Crippen LogP contribution in [0.5, 0.6) is 0 Å². The van der Waals surface area contributed by atoms with Gasteiger partial charge in [0, 0.05) is 0 Å². The van der Waals surface area contributed by atoms with E-state index in [-0.39, 0.29) is 0 Å². The first-order chi connectivity index (χ1) is 4.19. The van der Waals surface area contributed by atoms with Gasteiger partial charge in [-0.1, -0.05) is 58.0 Å². The van der Waals surface area contributed by atoms with E-state index in [1.165, 1.54) is 0 Å². The zero-order valence-electron chi connectivity index (χ0n) is 4.32. The first kappa shape index (κ1) is 11.4. The molecule has 0 saturated carbocycles. The van der Waals surface area contributed by atoms with Crippen LogP contribution in [0.4, 0.5) is 0 Å². The van der Waals surface area contributed by atoms with Gasteiger partial charge < -0.3 is 5.11 Å². The Morgan fingerprint density at radius 3 is 1.50 bits per heavy atom. The molecule has 7 heteroatoms. The van der Waals surface area contributed by atoms with Gasteiger partial charge in [0.2, 0.25) is 3.79 Å². The minimum absolute atomic E-state index is 1.69. The number of hydrogen-bond acceptors (Lipinski definition) is 1. The van der Waals surface area contributed by atoms with E-state index in [2.05, 4.69) is 0 Å². The number of rotatable bonds is 1. The maximum Gasteiger partial charge on any atom is 0.277 e. The molecule has 0 aromatic carbocycles. The monoisotopic (exact) mass is 245 g/mol. The molecule has 1 N–H and O–H groups in total. The molecule has 0 rings (SSSR count). The lowest BCUT2D eigenvalue weighted by Crippen LogP contribution is -2.47. The van der Waals surface area contributed by atoms with Gasteiger partial charge in [0.15, 0.2) is 4.84 Å². The summed E-state index contributed by atoms with van der Waals surface area (Å²) < 4.78 is -2.43. The first-order valence-corrected chi connectivity index (χ1v) is 3.98. The third-order valence-corrected chi connectivity index (χ3v) is 2.11. The van der Waals surface area contributed by atoms with Gasteiger partial charge in [-0.25, -0.2) is 0 Å². The van der Waals surface area contributed by atoms with E-state index in [0.717, 1.165) is 0 Å². The van der Waals surface area contributed by atoms with Gasteiger partial charge in [0.1, 0.15) is 0 Å². The van der Waals surface area contributed by atoms with E-state index in [1.54, 1.807) is 0 Å². The summed E-state index contributed by atoms with van der Waals surface area (Å²) in [5.74, 6) is -2.99. The molecule has 1 unspecified atom stereocenters. The Bertz CT molecular complexity index is 117. The highest BCUT2D eigenvalue weighted by Crippen LogP contribution is 2.41. The van der Waals surface area contributed by atoms with Gasteiger partial charge in [-0.15, -0.1) is 0 Å². The van der Waals surface area contributed by atoms with Crippen LogP contribution >= 0.6 is 58.0 Å². The predicted molar refractivity (Wildman–Crippen MR) is 41.4 cm³/mol. The Hall–Kier alpha value is 1.37. The van der Waals surface area contributed by atoms with Crippen LogP contribution in [0.1, 0.15) is 0 Å². The largest absolute Gasteiger partial charge is 0.358 e. The minimum Gasteiger partial charge on any atom is -0.358 e. The first-order valence-electron chi connectivity index (χ1n) is 1.97. The van der Waals surface area contributed by atoms with Gasteiger partial charge in [0.25, 0.3) is 5.79 Å². The second kappa shape index (κ2) is 3.40. The molecule has 61 valence electrons. The van der Waals surface area contributed by atoms with Crippen LogP contribution in [0.3, 0.4) is 0 Å². The highest BCUT2D eigenvalue weighted by molar-refractivity contribution is 6.69. The molecule has 1 atom stereocenters. The SMILES string of the molecule is [O]C(O)(C(Cl)Cl)C(Cl)(Cl)Cl. The molecular weight excluding hydrogens is 245 g/mol. The van der Waals surface area contributed by atoms with Crippen LogP contribution < -0.4 is 0 Å². The van der Waals surface area contributed by atoms with Crippen molar-refractivity contribution < 1.29 is 10.2 Å². The highest BCUT2D eigenvalue weighted by Gasteiger charge is 2.52. The molecule has 0 fully saturated rings. The van der Waals surface area contributed by atoms with Gasteiger partial charge in [-0.2, -0.15) is 5.11 Å². The van der Waals surface area contributed by atoms with E-state index in [9.17, 15) is 5.11 Å². The quantitative estimate of drug-likeness (QED) is 0.560. The third kappa shape index (κ3) is 2.45. The van der Waals surface area contributed by atoms with E-state index in [1.807, 2.05) is 0 Å². The van der Waals surface area contributed by atoms with Crippen LogP contribution in [-0.2, 0) is 5.11 Å². The van der Waals surface area contributed by atoms with Crippen molar-refractivity contribution in [3.05, 3.63) is 0 Å². The molecule has 0 aliphatic heterocycles. The Balaban J connectivity index is 4.40. The molecule has 1 radical (unpaired) electrons. The zero-order chi connectivity index (χ0) is 8.58. The lowest BCUT2D eigenvalue weighted by Gasteiger charge is -2.26. The molecule has 0 spiro atoms. The lowest BCUT2D eigenvalue weighted by atomic mass is 10.4. The lowest BCUT2D eigenvalue weighted by molar-refractivity contribution is -0.190. The van der Waals surface area contributed by atoms with E-state index in [4.69, 9.17) is 63.1 Å². The topological polar surface area (TPSA) is 40.1 Å². The number of hydrogen-bond donors (Lipinski definition) is 1. The summed E-state index contributed by atoms with van der Waals surface area (Å²) in [6.07, 6.45) is 0. The molecule has 0 aliphatic carbocycles. The van der Waals surface area contributed by atoms with Crippen LogP contribution in [0, 0.1) is 0 Å². The van der Waals surface area contributed by atoms with Gasteiger partial charge in [-0.05, 0) is 0 Å². The Morgan fingerprint density at radius 2 is 1.50 bits per heavy atom. The fourth-order valence-corrected chi connectivity index (χ4v) is 1.11. The fraction of sp³-hybridized carbons (Fsp3) is 1.00. The van der Waals surface area contributed by atoms with Gasteiger partial charge in [-0.3, -0.25) is 0 Å². The molecular formula is C3H2Cl5O2. The average Bonchev–Trinajstić information content (AvgIpc) is 1.62. The van der Waals surface area contributed by atoms with Crippen LogP contribution in [-0.4, -0.2) is 19.5 Å². The summed E-state index contributed by atoms with van der Waals surface area (Å²) in [4.78, 5) is -1.69. The third-order valence-electron chi connectivity index (χ3n) is 0.702. The molecule has 0 aliphatic rings. The molecule has 0 bridgehead atoms. The molecule has 0 aromatic rings. The van der Waals surface area contributed by atoms with Crippen molar-refractivity contribution in [2.75, 3.05) is 0 Å². The summed E-state index contributed by atoms with van der Waals surface area (Å²) in [7, 11) is 0. The maximum absolute atomic E-state index is 10.7. The van der Waals surface area contributed by atoms with Crippen molar-refractivity contribution in [2.24, 2.45) is 0 Å². The van der Waals surface area contributed by atoms with E-state index >= 15 is 0 Å². The van der Waals surface area contributed by atoms with Crippen molar-refractivity contribution in [3.63, 3.8) is 0 Å². The Labute approximate surface area is 82.6 Å². The van der Waals surface area contributed by atoms with Crippen molar-refractivity contribution >= 4 is 58.0 Å². The van der Waals surface area contributed by atoms with Crippen molar-refractivity contribution in [1.82, 2.24) is 0 Å². The summed E-state index contributed by atoms with van der Waals surface area (Å²) in [6, 6.07) is 0. The summed E-state index contributed by atoms with van der Waals surface area (Å²) >= 11 is 25.1. The molecule has 0 heterocycles. The average molecular weight is 247 g/mol. The van der Waals surface area contributed by atoms with Crippen LogP contribution in [0.25, 0.3) is 0 Å². The Morgan fingerprint density at radius 1 is 1.20 bits per heavy atom. The summed E-state index contributed by atoms with van der Waals surface area (Å²) in [6.45, 7) is 0. The Kier molecular flexibility index (Phi) is 3.86. The molecule has 2 nitrogen and oxygen atoms in total. The second-order valence-electron chi connectivity index (χ2n) is 1.49. The van der Waals surface area contributed by atoms with Crippen LogP contribution in [0.2, 0.25) is 0 Å². The number of halogens is 5. The predicted octanol–water partition coefficient (Wildman–Crippen LogP) is 2.28. The van der Waals surface area contributed by atoms with Crippen molar-refractivity contribution in [1.29, 1.82) is 0 Å². The standard InChI is InChI=1S/C3H2Cl5O2/c4-1(5)2(9,10)3(6,7)8/h1,9H. The highest BCUT2D eigenvalue weighted by atomic mass is 35.6. The smallest absolute Gasteiger partial charge is 0.277 e. The van der Waals surface area contributed by atoms with Gasteiger partial charge in [0.05, 0.1) is 0 Å². The van der Waals surface area contributed by atoms with E-state index in [0.29, 0.717) is 0 Å². The molecule has 10 heavy (non-hydrogen) atoms. The second-order valence-corrected chi connectivity index (χ2v) is 4.87. The van der Waals surface area contributed by atoms with E-state index < -0.39 is 14.4 Å². The molecule has 0 saturated heterocycles. The number of aliphatic hydroxyl groups is 1. The molecule has 0 aromatic heterocycles. The summed E-state index contributed by atoms with van der Waals surface area (Å²) in [5.41, 5.74) is 0. The minimum atomic E-state index is -2.99. The maximum atomic E-state index is 10.7. The fourth-order valence-electron chi connectivity index (χ4n) is 0.124. The molecule has 0 amide bonds. The normalized spacial score (nSPS) is 14.4. The van der Waals surface area contributed by atoms with Gasteiger partial charge >= 0.3 is 0 Å². The number of alkyl halides is 5. The zero-order valence-corrected chi connectivity index (χ0v) is 8.10. The van der Waals surface area contributed by atoms with Crippen molar-refractivity contribution in [3.8, 4) is 0 Å². The van der Waals surface area contributed by atoms with Crippen molar-refractivity contribution in [2.45, 2.75) is 14.4 Å².